The number of hydrogen-bond donors (Lipinski definition) is 2. The van der Waals surface area contributed by atoms with Crippen LogP contribution in [0.5, 0.6) is 0 Å². The zero-order valence-electron chi connectivity index (χ0n) is 16.1. The maximum atomic E-state index is 5.45. The first kappa shape index (κ1) is 17.9. The summed E-state index contributed by atoms with van der Waals surface area (Å²) in [4.78, 5) is 7.51. The molecule has 0 radical (unpaired) electrons. The molecule has 1 aromatic rings. The molecule has 3 heterocycles. The van der Waals surface area contributed by atoms with E-state index in [0.717, 1.165) is 36.8 Å². The fourth-order valence-electron chi connectivity index (χ4n) is 5.06. The average molecular weight is 359 g/mol. The van der Waals surface area contributed by atoms with Crippen LogP contribution in [-0.4, -0.2) is 48.6 Å². The second-order valence-electron chi connectivity index (χ2n) is 8.40. The summed E-state index contributed by atoms with van der Waals surface area (Å²) in [5.41, 5.74) is 0. The minimum absolute atomic E-state index is 0.553. The van der Waals surface area contributed by atoms with Crippen LogP contribution in [-0.2, 0) is 6.42 Å². The van der Waals surface area contributed by atoms with E-state index in [0.29, 0.717) is 12.1 Å². The third-order valence-electron chi connectivity index (χ3n) is 6.58. The van der Waals surface area contributed by atoms with E-state index < -0.39 is 0 Å². The lowest BCUT2D eigenvalue weighted by molar-refractivity contribution is 0.0526. The Balaban J connectivity index is 1.37. The molecule has 3 aliphatic rings. The molecule has 2 bridgehead atoms. The molecule has 2 unspecified atom stereocenters. The van der Waals surface area contributed by atoms with Crippen LogP contribution >= 0.6 is 0 Å². The largest absolute Gasteiger partial charge is 0.469 e. The van der Waals surface area contributed by atoms with Gasteiger partial charge in [0, 0.05) is 37.1 Å². The third-order valence-corrected chi connectivity index (χ3v) is 6.58. The second-order valence-corrected chi connectivity index (χ2v) is 8.40. The minimum atomic E-state index is 0.553. The van der Waals surface area contributed by atoms with Gasteiger partial charge >= 0.3 is 0 Å². The standard InChI is InChI=1S/C21H34N4O/c1-25-18-8-4-9-19(25)15-17(14-18)24-21(23-16-6-2-3-7-16)22-12-11-20-10-5-13-26-20/h5,10,13,16-19H,2-4,6-9,11-12,14-15H2,1H3,(H2,22,23,24). The van der Waals surface area contributed by atoms with Crippen molar-refractivity contribution in [3.63, 3.8) is 0 Å². The van der Waals surface area contributed by atoms with Gasteiger partial charge in [-0.3, -0.25) is 4.99 Å². The number of rotatable bonds is 5. The fraction of sp³-hybridized carbons (Fsp3) is 0.762. The molecule has 4 rings (SSSR count). The van der Waals surface area contributed by atoms with Crippen LogP contribution in [0.1, 0.15) is 63.5 Å². The van der Waals surface area contributed by atoms with Crippen molar-refractivity contribution in [3.05, 3.63) is 24.2 Å². The van der Waals surface area contributed by atoms with Gasteiger partial charge in [-0.1, -0.05) is 19.3 Å². The Morgan fingerprint density at radius 2 is 1.81 bits per heavy atom. The molecule has 2 saturated heterocycles. The molecule has 26 heavy (non-hydrogen) atoms. The van der Waals surface area contributed by atoms with Crippen molar-refractivity contribution in [3.8, 4) is 0 Å². The monoisotopic (exact) mass is 358 g/mol. The Hall–Kier alpha value is -1.49. The Morgan fingerprint density at radius 3 is 2.50 bits per heavy atom. The number of aliphatic imine (C=N–C) groups is 1. The molecule has 3 fully saturated rings. The number of nitrogens with zero attached hydrogens (tertiary/aromatic N) is 2. The number of fused-ring (bicyclic) bond motifs is 2. The van der Waals surface area contributed by atoms with Crippen molar-refractivity contribution in [2.75, 3.05) is 13.6 Å². The van der Waals surface area contributed by atoms with E-state index in [-0.39, 0.29) is 0 Å². The van der Waals surface area contributed by atoms with Gasteiger partial charge in [0.05, 0.1) is 6.26 Å². The molecule has 1 aromatic heterocycles. The zero-order valence-corrected chi connectivity index (χ0v) is 16.1. The molecule has 0 amide bonds. The predicted octanol–water partition coefficient (Wildman–Crippen LogP) is 3.32. The van der Waals surface area contributed by atoms with E-state index in [1.807, 2.05) is 12.1 Å². The molecule has 0 spiro atoms. The van der Waals surface area contributed by atoms with Gasteiger partial charge in [0.15, 0.2) is 5.96 Å². The van der Waals surface area contributed by atoms with Crippen LogP contribution < -0.4 is 10.6 Å². The summed E-state index contributed by atoms with van der Waals surface area (Å²) in [6.07, 6.45) is 14.4. The van der Waals surface area contributed by atoms with Crippen molar-refractivity contribution in [1.29, 1.82) is 0 Å². The van der Waals surface area contributed by atoms with Crippen molar-refractivity contribution in [2.24, 2.45) is 4.99 Å². The lowest BCUT2D eigenvalue weighted by Gasteiger charge is -2.47. The highest BCUT2D eigenvalue weighted by Gasteiger charge is 2.36. The van der Waals surface area contributed by atoms with Crippen molar-refractivity contribution < 1.29 is 4.42 Å². The highest BCUT2D eigenvalue weighted by atomic mass is 16.3. The summed E-state index contributed by atoms with van der Waals surface area (Å²) in [7, 11) is 2.32. The van der Waals surface area contributed by atoms with Crippen LogP contribution in [0.4, 0.5) is 0 Å². The van der Waals surface area contributed by atoms with Crippen molar-refractivity contribution in [1.82, 2.24) is 15.5 Å². The summed E-state index contributed by atoms with van der Waals surface area (Å²) in [6.45, 7) is 0.773. The summed E-state index contributed by atoms with van der Waals surface area (Å²) in [5.74, 6) is 2.04. The number of piperidine rings is 2. The van der Waals surface area contributed by atoms with Crippen LogP contribution in [0.2, 0.25) is 0 Å². The van der Waals surface area contributed by atoms with Crippen LogP contribution in [0, 0.1) is 0 Å². The summed E-state index contributed by atoms with van der Waals surface area (Å²) in [5, 5.41) is 7.51. The van der Waals surface area contributed by atoms with E-state index in [2.05, 4.69) is 22.6 Å². The SMILES string of the molecule is CN1C2CCCC1CC(NC(=NCCc1ccco1)NC1CCCC1)C2. The number of furan rings is 1. The first-order valence-electron chi connectivity index (χ1n) is 10.6. The van der Waals surface area contributed by atoms with Crippen LogP contribution in [0.25, 0.3) is 0 Å². The number of guanidine groups is 1. The molecule has 144 valence electrons. The number of hydrogen-bond acceptors (Lipinski definition) is 3. The van der Waals surface area contributed by atoms with E-state index in [1.165, 1.54) is 57.8 Å². The molecular weight excluding hydrogens is 324 g/mol. The van der Waals surface area contributed by atoms with Gasteiger partial charge in [0.25, 0.3) is 0 Å². The summed E-state index contributed by atoms with van der Waals surface area (Å²) < 4.78 is 5.45. The highest BCUT2D eigenvalue weighted by molar-refractivity contribution is 5.80. The summed E-state index contributed by atoms with van der Waals surface area (Å²) >= 11 is 0. The van der Waals surface area contributed by atoms with E-state index in [9.17, 15) is 0 Å². The highest BCUT2D eigenvalue weighted by Crippen LogP contribution is 2.32. The van der Waals surface area contributed by atoms with Gasteiger partial charge in [0.2, 0.25) is 0 Å². The van der Waals surface area contributed by atoms with Gasteiger partial charge in [-0.15, -0.1) is 0 Å². The molecular formula is C21H34N4O. The Bertz CT molecular complexity index is 565. The van der Waals surface area contributed by atoms with Gasteiger partial charge in [0.1, 0.15) is 5.76 Å². The molecule has 0 aromatic carbocycles. The van der Waals surface area contributed by atoms with E-state index >= 15 is 0 Å². The smallest absolute Gasteiger partial charge is 0.191 e. The first-order chi connectivity index (χ1) is 12.8. The molecule has 2 aliphatic heterocycles. The van der Waals surface area contributed by atoms with E-state index in [4.69, 9.17) is 9.41 Å². The van der Waals surface area contributed by atoms with Gasteiger partial charge < -0.3 is 20.0 Å². The zero-order chi connectivity index (χ0) is 17.8. The maximum absolute atomic E-state index is 5.45. The van der Waals surface area contributed by atoms with Crippen LogP contribution in [0.15, 0.2) is 27.8 Å². The first-order valence-corrected chi connectivity index (χ1v) is 10.6. The Kier molecular flexibility index (Phi) is 5.83. The quantitative estimate of drug-likeness (QED) is 0.626. The molecule has 2 N–H and O–H groups in total. The van der Waals surface area contributed by atoms with Crippen molar-refractivity contribution >= 4 is 5.96 Å². The normalized spacial score (nSPS) is 30.5. The predicted molar refractivity (Wildman–Crippen MR) is 105 cm³/mol. The number of nitrogens with one attached hydrogen (secondary N) is 2. The topological polar surface area (TPSA) is 52.8 Å². The fourth-order valence-corrected chi connectivity index (χ4v) is 5.06. The Morgan fingerprint density at radius 1 is 1.08 bits per heavy atom. The lowest BCUT2D eigenvalue weighted by atomic mass is 9.82. The van der Waals surface area contributed by atoms with Gasteiger partial charge in [-0.25, -0.2) is 0 Å². The van der Waals surface area contributed by atoms with Crippen molar-refractivity contribution in [2.45, 2.75) is 88.4 Å². The van der Waals surface area contributed by atoms with Gasteiger partial charge in [-0.05, 0) is 57.7 Å². The molecule has 5 nitrogen and oxygen atoms in total. The average Bonchev–Trinajstić information content (AvgIpc) is 3.29. The maximum Gasteiger partial charge on any atom is 0.191 e. The molecule has 1 aliphatic carbocycles. The molecule has 1 saturated carbocycles. The van der Waals surface area contributed by atoms with Crippen LogP contribution in [0.3, 0.4) is 0 Å². The van der Waals surface area contributed by atoms with Gasteiger partial charge in [-0.2, -0.15) is 0 Å². The Labute approximate surface area is 157 Å². The third kappa shape index (κ3) is 4.43. The molecule has 5 heteroatoms. The second kappa shape index (κ2) is 8.47. The summed E-state index contributed by atoms with van der Waals surface area (Å²) in [6, 6.07) is 6.62. The molecule has 2 atom stereocenters. The van der Waals surface area contributed by atoms with E-state index in [1.54, 1.807) is 6.26 Å². The minimum Gasteiger partial charge on any atom is -0.469 e. The lowest BCUT2D eigenvalue weighted by Crippen LogP contribution is -2.57.